The van der Waals surface area contributed by atoms with Crippen molar-refractivity contribution < 1.29 is 4.79 Å². The van der Waals surface area contributed by atoms with Crippen LogP contribution in [-0.4, -0.2) is 17.0 Å². The number of allylic oxidation sites excluding steroid dienone is 6. The van der Waals surface area contributed by atoms with Crippen LogP contribution in [-0.2, 0) is 0 Å². The van der Waals surface area contributed by atoms with E-state index in [2.05, 4.69) is 18.5 Å². The van der Waals surface area contributed by atoms with Crippen LogP contribution in [0.25, 0.3) is 0 Å². The molecule has 0 aromatic heterocycles. The zero-order valence-electron chi connectivity index (χ0n) is 15.9. The third-order valence-corrected chi connectivity index (χ3v) is 5.13. The smallest absolute Gasteiger partial charge is 0.262 e. The molecule has 26 heavy (non-hydrogen) atoms. The van der Waals surface area contributed by atoms with E-state index in [9.17, 15) is 4.79 Å². The van der Waals surface area contributed by atoms with E-state index in [0.717, 1.165) is 26.8 Å². The Bertz CT molecular complexity index is 817. The lowest BCUT2D eigenvalue weighted by atomic mass is 10.1. The number of nitrogens with zero attached hydrogens (tertiary/aromatic N) is 1. The molecule has 0 radical (unpaired) electrons. The summed E-state index contributed by atoms with van der Waals surface area (Å²) in [4.78, 5) is 17.1. The third kappa shape index (κ3) is 4.20. The Labute approximate surface area is 160 Å². The van der Waals surface area contributed by atoms with E-state index in [4.69, 9.17) is 0 Å². The van der Waals surface area contributed by atoms with E-state index < -0.39 is 0 Å². The minimum absolute atomic E-state index is 0.0407. The lowest BCUT2D eigenvalue weighted by Crippen LogP contribution is -2.48. The maximum absolute atomic E-state index is 13.3. The van der Waals surface area contributed by atoms with Gasteiger partial charge >= 0.3 is 0 Å². The van der Waals surface area contributed by atoms with Gasteiger partial charge in [-0.25, -0.2) is 0 Å². The molecule has 3 nitrogen and oxygen atoms in total. The summed E-state index contributed by atoms with van der Waals surface area (Å²) in [7, 11) is 0. The average molecular weight is 367 g/mol. The maximum atomic E-state index is 13.3. The number of carbonyl (C=O) groups excluding carboxylic acids is 1. The molecule has 0 aliphatic carbocycles. The molecule has 0 saturated carbocycles. The SMILES string of the molecule is C=C/C(=C\C(C)=C/C)N1C(=O)c2ccccc2NC1/C(=C/C)SC(=C)C. The number of thioether (sulfide) groups is 1. The van der Waals surface area contributed by atoms with Crippen molar-refractivity contribution >= 4 is 23.4 Å². The highest BCUT2D eigenvalue weighted by atomic mass is 32.2. The van der Waals surface area contributed by atoms with Crippen molar-refractivity contribution in [1.29, 1.82) is 0 Å². The van der Waals surface area contributed by atoms with E-state index >= 15 is 0 Å². The fraction of sp³-hybridized carbons (Fsp3) is 0.227. The molecule has 2 rings (SSSR count). The lowest BCUT2D eigenvalue weighted by molar-refractivity contribution is 0.0779. The molecule has 1 aromatic rings. The minimum Gasteiger partial charge on any atom is -0.360 e. The fourth-order valence-electron chi connectivity index (χ4n) is 2.74. The van der Waals surface area contributed by atoms with Crippen LogP contribution < -0.4 is 5.32 Å². The first kappa shape index (κ1) is 19.9. The predicted molar refractivity (Wildman–Crippen MR) is 114 cm³/mol. The van der Waals surface area contributed by atoms with Gasteiger partial charge in [0.05, 0.1) is 5.56 Å². The fourth-order valence-corrected chi connectivity index (χ4v) is 3.53. The Morgan fingerprint density at radius 3 is 2.50 bits per heavy atom. The highest BCUT2D eigenvalue weighted by Crippen LogP contribution is 2.36. The standard InChI is InChI=1S/C22H26N2OS/c1-7-16(6)14-17(8-2)24-21(20(9-3)26-15(4)5)23-19-13-11-10-12-18(19)22(24)25/h7-14,21,23H,2,4H2,1,3,5-6H3/b16-7-,17-14+,20-9-. The molecule has 1 unspecified atom stereocenters. The summed E-state index contributed by atoms with van der Waals surface area (Å²) < 4.78 is 0. The molecule has 136 valence electrons. The molecule has 0 spiro atoms. The molecule has 1 N–H and O–H groups in total. The van der Waals surface area contributed by atoms with Crippen LogP contribution in [0.1, 0.15) is 38.1 Å². The van der Waals surface area contributed by atoms with Crippen molar-refractivity contribution in [2.24, 2.45) is 0 Å². The Kier molecular flexibility index (Phi) is 6.70. The molecule has 1 aliphatic rings. The maximum Gasteiger partial charge on any atom is 0.262 e. The van der Waals surface area contributed by atoms with Gasteiger partial charge in [-0.15, -0.1) is 0 Å². The Hall–Kier alpha value is -2.46. The summed E-state index contributed by atoms with van der Waals surface area (Å²) in [6, 6.07) is 7.59. The monoisotopic (exact) mass is 366 g/mol. The second-order valence-electron chi connectivity index (χ2n) is 6.07. The number of fused-ring (bicyclic) bond motifs is 1. The summed E-state index contributed by atoms with van der Waals surface area (Å²) in [5.74, 6) is -0.0407. The molecular weight excluding hydrogens is 340 g/mol. The van der Waals surface area contributed by atoms with Crippen LogP contribution in [0, 0.1) is 0 Å². The van der Waals surface area contributed by atoms with E-state index in [1.54, 1.807) is 22.7 Å². The molecule has 0 bridgehead atoms. The van der Waals surface area contributed by atoms with Gasteiger partial charge in [-0.2, -0.15) is 0 Å². The zero-order chi connectivity index (χ0) is 19.3. The van der Waals surface area contributed by atoms with Gasteiger partial charge in [-0.1, -0.05) is 54.8 Å². The number of rotatable bonds is 6. The van der Waals surface area contributed by atoms with Crippen molar-refractivity contribution in [3.05, 3.63) is 88.4 Å². The van der Waals surface area contributed by atoms with Crippen LogP contribution in [0.2, 0.25) is 0 Å². The van der Waals surface area contributed by atoms with E-state index in [1.165, 1.54) is 0 Å². The lowest BCUT2D eigenvalue weighted by Gasteiger charge is -2.39. The van der Waals surface area contributed by atoms with Gasteiger partial charge in [-0.3, -0.25) is 9.69 Å². The van der Waals surface area contributed by atoms with Crippen LogP contribution in [0.15, 0.2) is 82.8 Å². The molecule has 1 aliphatic heterocycles. The number of hydrogen-bond donors (Lipinski definition) is 1. The average Bonchev–Trinajstić information content (AvgIpc) is 2.64. The van der Waals surface area contributed by atoms with Crippen molar-refractivity contribution in [3.8, 4) is 0 Å². The van der Waals surface area contributed by atoms with Gasteiger partial charge in [-0.05, 0) is 56.9 Å². The van der Waals surface area contributed by atoms with Crippen LogP contribution in [0.3, 0.4) is 0 Å². The van der Waals surface area contributed by atoms with Gasteiger partial charge in [0.2, 0.25) is 0 Å². The van der Waals surface area contributed by atoms with Gasteiger partial charge in [0.25, 0.3) is 5.91 Å². The summed E-state index contributed by atoms with van der Waals surface area (Å²) in [5.41, 5.74) is 3.33. The first-order valence-electron chi connectivity index (χ1n) is 8.58. The van der Waals surface area contributed by atoms with Crippen LogP contribution >= 0.6 is 11.8 Å². The summed E-state index contributed by atoms with van der Waals surface area (Å²) >= 11 is 1.57. The molecule has 0 fully saturated rings. The minimum atomic E-state index is -0.307. The molecule has 1 atom stereocenters. The molecule has 1 amide bonds. The number of anilines is 1. The second kappa shape index (κ2) is 8.77. The van der Waals surface area contributed by atoms with Crippen LogP contribution in [0.4, 0.5) is 5.69 Å². The Morgan fingerprint density at radius 2 is 1.92 bits per heavy atom. The van der Waals surface area contributed by atoms with E-state index in [1.807, 2.05) is 70.2 Å². The quantitative estimate of drug-likeness (QED) is 0.619. The number of carbonyl (C=O) groups is 1. The van der Waals surface area contributed by atoms with Crippen molar-refractivity contribution in [2.75, 3.05) is 5.32 Å². The Morgan fingerprint density at radius 1 is 1.23 bits per heavy atom. The number of para-hydroxylation sites is 1. The van der Waals surface area contributed by atoms with E-state index in [0.29, 0.717) is 5.56 Å². The number of amides is 1. The molecule has 1 aromatic carbocycles. The number of hydrogen-bond acceptors (Lipinski definition) is 3. The van der Waals surface area contributed by atoms with E-state index in [-0.39, 0.29) is 12.1 Å². The van der Waals surface area contributed by atoms with Crippen molar-refractivity contribution in [3.63, 3.8) is 0 Å². The highest BCUT2D eigenvalue weighted by Gasteiger charge is 2.35. The summed E-state index contributed by atoms with van der Waals surface area (Å²) in [6.45, 7) is 15.9. The van der Waals surface area contributed by atoms with Crippen molar-refractivity contribution in [1.82, 2.24) is 4.90 Å². The van der Waals surface area contributed by atoms with Gasteiger partial charge < -0.3 is 5.32 Å². The van der Waals surface area contributed by atoms with Gasteiger partial charge in [0.1, 0.15) is 6.17 Å². The van der Waals surface area contributed by atoms with Gasteiger partial charge in [0, 0.05) is 16.3 Å². The normalized spacial score (nSPS) is 18.3. The molecule has 0 saturated heterocycles. The number of benzene rings is 1. The molecular formula is C22H26N2OS. The second-order valence-corrected chi connectivity index (χ2v) is 7.44. The largest absolute Gasteiger partial charge is 0.360 e. The van der Waals surface area contributed by atoms with Gasteiger partial charge in [0.15, 0.2) is 0 Å². The zero-order valence-corrected chi connectivity index (χ0v) is 16.7. The highest BCUT2D eigenvalue weighted by molar-refractivity contribution is 8.06. The third-order valence-electron chi connectivity index (χ3n) is 4.09. The van der Waals surface area contributed by atoms with Crippen molar-refractivity contribution in [2.45, 2.75) is 33.9 Å². The summed E-state index contributed by atoms with van der Waals surface area (Å²) in [6.07, 6.45) is 7.43. The first-order valence-corrected chi connectivity index (χ1v) is 9.40. The first-order chi connectivity index (χ1) is 12.4. The summed E-state index contributed by atoms with van der Waals surface area (Å²) in [5, 5.41) is 3.51. The Balaban J connectivity index is 2.61. The topological polar surface area (TPSA) is 32.3 Å². The molecule has 1 heterocycles. The number of nitrogens with one attached hydrogen (secondary N) is 1. The predicted octanol–water partition coefficient (Wildman–Crippen LogP) is 6.09. The van der Waals surface area contributed by atoms with Crippen LogP contribution in [0.5, 0.6) is 0 Å². The molecule has 4 heteroatoms.